The highest BCUT2D eigenvalue weighted by atomic mass is 32.2. The van der Waals surface area contributed by atoms with Crippen LogP contribution in [-0.2, 0) is 27.9 Å². The molecule has 0 bridgehead atoms. The molecule has 0 N–H and O–H groups in total. The molecule has 4 rings (SSSR count). The molecule has 1 heterocycles. The fraction of sp³-hybridized carbons (Fsp3) is 0.379. The summed E-state index contributed by atoms with van der Waals surface area (Å²) in [6, 6.07) is 21.6. The van der Waals surface area contributed by atoms with Gasteiger partial charge in [-0.05, 0) is 55.2 Å². The third-order valence-corrected chi connectivity index (χ3v) is 8.63. The molecule has 0 radical (unpaired) electrons. The molecule has 3 aromatic carbocycles. The van der Waals surface area contributed by atoms with Gasteiger partial charge in [-0.2, -0.15) is 4.31 Å². The summed E-state index contributed by atoms with van der Waals surface area (Å²) in [4.78, 5) is 2.67. The fourth-order valence-corrected chi connectivity index (χ4v) is 6.57. The molecule has 0 saturated carbocycles. The molecule has 3 aromatic rings. The lowest BCUT2D eigenvalue weighted by molar-refractivity contribution is 0.0361. The summed E-state index contributed by atoms with van der Waals surface area (Å²) >= 11 is 0. The average Bonchev–Trinajstić information content (AvgIpc) is 2.86. The molecule has 0 spiro atoms. The van der Waals surface area contributed by atoms with Gasteiger partial charge in [0.05, 0.1) is 18.1 Å². The van der Waals surface area contributed by atoms with Crippen molar-refractivity contribution in [3.8, 4) is 5.75 Å². The van der Waals surface area contributed by atoms with Crippen LogP contribution < -0.4 is 4.74 Å². The number of nitrogens with zero attached hydrogens (tertiary/aromatic N) is 2. The van der Waals surface area contributed by atoms with Gasteiger partial charge in [-0.15, -0.1) is 0 Å². The lowest BCUT2D eigenvalue weighted by Crippen LogP contribution is -2.43. The van der Waals surface area contributed by atoms with E-state index in [1.54, 1.807) is 4.31 Å². The van der Waals surface area contributed by atoms with Crippen LogP contribution in [0.15, 0.2) is 71.6 Å². The highest BCUT2D eigenvalue weighted by Crippen LogP contribution is 2.27. The number of rotatable bonds is 10. The Kier molecular flexibility index (Phi) is 8.80. The molecular weight excluding hydrogens is 472 g/mol. The number of hydrogen-bond acceptors (Lipinski definition) is 5. The normalized spacial score (nSPS) is 14.8. The Balaban J connectivity index is 1.57. The number of aryl methyl sites for hydroxylation is 3. The standard InChI is InChI=1S/C29H36N2O4S/c1-23-18-24(2)29(25(3)19-23)36(32,33)31(13-12-30-14-16-34-17-15-30)21-27-10-7-11-28(20-27)35-22-26-8-5-4-6-9-26/h4-11,18-20H,12-17,21-22H2,1-3H3. The molecule has 1 aliphatic heterocycles. The van der Waals surface area contributed by atoms with Crippen molar-refractivity contribution in [3.05, 3.63) is 94.5 Å². The summed E-state index contributed by atoms with van der Waals surface area (Å²) in [6.45, 7) is 10.6. The van der Waals surface area contributed by atoms with Crippen LogP contribution in [0.4, 0.5) is 0 Å². The quantitative estimate of drug-likeness (QED) is 0.397. The van der Waals surface area contributed by atoms with Gasteiger partial charge < -0.3 is 9.47 Å². The van der Waals surface area contributed by atoms with Gasteiger partial charge in [-0.25, -0.2) is 8.42 Å². The minimum atomic E-state index is -3.71. The van der Waals surface area contributed by atoms with Crippen LogP contribution in [0.2, 0.25) is 0 Å². The Hall–Kier alpha value is -2.71. The second-order valence-electron chi connectivity index (χ2n) is 9.44. The van der Waals surface area contributed by atoms with Crippen LogP contribution in [0.1, 0.15) is 27.8 Å². The number of ether oxygens (including phenoxy) is 2. The van der Waals surface area contributed by atoms with E-state index >= 15 is 0 Å². The third kappa shape index (κ3) is 6.73. The predicted octanol–water partition coefficient (Wildman–Crippen LogP) is 4.71. The van der Waals surface area contributed by atoms with Crippen molar-refractivity contribution in [2.45, 2.75) is 38.8 Å². The molecule has 1 fully saturated rings. The Morgan fingerprint density at radius 1 is 0.889 bits per heavy atom. The Labute approximate surface area is 215 Å². The van der Waals surface area contributed by atoms with Gasteiger partial charge in [-0.3, -0.25) is 4.90 Å². The Morgan fingerprint density at radius 3 is 2.25 bits per heavy atom. The molecule has 7 heteroatoms. The molecule has 0 amide bonds. The highest BCUT2D eigenvalue weighted by molar-refractivity contribution is 7.89. The maximum absolute atomic E-state index is 14.0. The average molecular weight is 509 g/mol. The van der Waals surface area contributed by atoms with E-state index in [9.17, 15) is 8.42 Å². The molecule has 0 atom stereocenters. The van der Waals surface area contributed by atoms with Crippen molar-refractivity contribution < 1.29 is 17.9 Å². The van der Waals surface area contributed by atoms with Crippen molar-refractivity contribution in [2.75, 3.05) is 39.4 Å². The van der Waals surface area contributed by atoms with Gasteiger partial charge in [0.2, 0.25) is 10.0 Å². The lowest BCUT2D eigenvalue weighted by Gasteiger charge is -2.30. The van der Waals surface area contributed by atoms with Crippen LogP contribution in [0.5, 0.6) is 5.75 Å². The van der Waals surface area contributed by atoms with Gasteiger partial charge in [0.25, 0.3) is 0 Å². The van der Waals surface area contributed by atoms with Gasteiger partial charge in [-0.1, -0.05) is 60.2 Å². The molecule has 0 aliphatic carbocycles. The first-order chi connectivity index (χ1) is 17.3. The molecule has 0 unspecified atom stereocenters. The van der Waals surface area contributed by atoms with E-state index in [4.69, 9.17) is 9.47 Å². The number of sulfonamides is 1. The maximum Gasteiger partial charge on any atom is 0.243 e. The molecule has 0 aromatic heterocycles. The summed E-state index contributed by atoms with van der Waals surface area (Å²) in [5, 5.41) is 0. The van der Waals surface area contributed by atoms with Crippen molar-refractivity contribution in [3.63, 3.8) is 0 Å². The summed E-state index contributed by atoms with van der Waals surface area (Å²) in [5.41, 5.74) is 4.61. The minimum absolute atomic E-state index is 0.280. The van der Waals surface area contributed by atoms with Crippen LogP contribution in [0.3, 0.4) is 0 Å². The van der Waals surface area contributed by atoms with Crippen LogP contribution in [0, 0.1) is 20.8 Å². The lowest BCUT2D eigenvalue weighted by atomic mass is 10.1. The van der Waals surface area contributed by atoms with E-state index in [0.29, 0.717) is 37.8 Å². The van der Waals surface area contributed by atoms with Crippen molar-refractivity contribution in [1.29, 1.82) is 0 Å². The van der Waals surface area contributed by atoms with Gasteiger partial charge >= 0.3 is 0 Å². The molecule has 1 aliphatic rings. The first-order valence-corrected chi connectivity index (χ1v) is 13.9. The summed E-state index contributed by atoms with van der Waals surface area (Å²) in [6.07, 6.45) is 0. The van der Waals surface area contributed by atoms with E-state index in [0.717, 1.165) is 46.7 Å². The van der Waals surface area contributed by atoms with E-state index in [2.05, 4.69) is 4.90 Å². The van der Waals surface area contributed by atoms with E-state index in [1.807, 2.05) is 87.5 Å². The van der Waals surface area contributed by atoms with Crippen molar-refractivity contribution in [2.24, 2.45) is 0 Å². The fourth-order valence-electron chi connectivity index (χ4n) is 4.74. The van der Waals surface area contributed by atoms with Crippen molar-refractivity contribution >= 4 is 10.0 Å². The monoisotopic (exact) mass is 508 g/mol. The first kappa shape index (κ1) is 26.4. The van der Waals surface area contributed by atoms with Crippen LogP contribution >= 0.6 is 0 Å². The first-order valence-electron chi connectivity index (χ1n) is 12.5. The molecule has 1 saturated heterocycles. The Morgan fingerprint density at radius 2 is 1.56 bits per heavy atom. The molecule has 192 valence electrons. The molecule has 6 nitrogen and oxygen atoms in total. The zero-order valence-corrected chi connectivity index (χ0v) is 22.3. The SMILES string of the molecule is Cc1cc(C)c(S(=O)(=O)N(CCN2CCOCC2)Cc2cccc(OCc3ccccc3)c2)c(C)c1. The third-order valence-electron chi connectivity index (χ3n) is 6.48. The van der Waals surface area contributed by atoms with Gasteiger partial charge in [0.15, 0.2) is 0 Å². The topological polar surface area (TPSA) is 59.1 Å². The smallest absolute Gasteiger partial charge is 0.243 e. The van der Waals surface area contributed by atoms with E-state index in [1.165, 1.54) is 0 Å². The van der Waals surface area contributed by atoms with E-state index in [-0.39, 0.29) is 6.54 Å². The van der Waals surface area contributed by atoms with Crippen LogP contribution in [0.25, 0.3) is 0 Å². The second kappa shape index (κ2) is 12.0. The zero-order valence-electron chi connectivity index (χ0n) is 21.4. The zero-order chi connectivity index (χ0) is 25.5. The maximum atomic E-state index is 14.0. The summed E-state index contributed by atoms with van der Waals surface area (Å²) in [5.74, 6) is 0.726. The predicted molar refractivity (Wildman–Crippen MR) is 143 cm³/mol. The minimum Gasteiger partial charge on any atom is -0.489 e. The van der Waals surface area contributed by atoms with Gasteiger partial charge in [0, 0.05) is 32.7 Å². The second-order valence-corrected chi connectivity index (χ2v) is 11.3. The molecule has 36 heavy (non-hydrogen) atoms. The summed E-state index contributed by atoms with van der Waals surface area (Å²) in [7, 11) is -3.71. The number of benzene rings is 3. The van der Waals surface area contributed by atoms with Crippen LogP contribution in [-0.4, -0.2) is 57.0 Å². The van der Waals surface area contributed by atoms with Gasteiger partial charge in [0.1, 0.15) is 12.4 Å². The summed E-state index contributed by atoms with van der Waals surface area (Å²) < 4.78 is 41.1. The van der Waals surface area contributed by atoms with E-state index < -0.39 is 10.0 Å². The molecular formula is C29H36N2O4S. The number of hydrogen-bond donors (Lipinski definition) is 0. The largest absolute Gasteiger partial charge is 0.489 e. The highest BCUT2D eigenvalue weighted by Gasteiger charge is 2.29. The van der Waals surface area contributed by atoms with Crippen molar-refractivity contribution in [1.82, 2.24) is 9.21 Å². The Bertz CT molecular complexity index is 1230. The number of morpholine rings is 1.